The molecule has 0 amide bonds. The molecule has 0 saturated heterocycles. The van der Waals surface area contributed by atoms with E-state index in [0.29, 0.717) is 5.92 Å². The van der Waals surface area contributed by atoms with Crippen molar-refractivity contribution in [3.63, 3.8) is 0 Å². The summed E-state index contributed by atoms with van der Waals surface area (Å²) in [5, 5.41) is 0. The molecular formula is C18H26OSi. The molecule has 108 valence electrons. The van der Waals surface area contributed by atoms with E-state index in [1.165, 1.54) is 47.9 Å². The number of aryl methyl sites for hydroxylation is 2. The van der Waals surface area contributed by atoms with Gasteiger partial charge in [-0.2, -0.15) is 0 Å². The predicted molar refractivity (Wildman–Crippen MR) is 88.3 cm³/mol. The molecule has 0 radical (unpaired) electrons. The number of hydrogen-bond acceptors (Lipinski definition) is 1. The molecule has 20 heavy (non-hydrogen) atoms. The number of allylic oxidation sites excluding steroid dienone is 2. The second kappa shape index (κ2) is 4.85. The Labute approximate surface area is 123 Å². The minimum absolute atomic E-state index is 0.285. The fourth-order valence-electron chi connectivity index (χ4n) is 3.74. The van der Waals surface area contributed by atoms with Gasteiger partial charge in [-0.3, -0.25) is 0 Å². The molecule has 0 aliphatic heterocycles. The Hall–Kier alpha value is -0.863. The molecule has 1 aromatic rings. The Morgan fingerprint density at radius 1 is 1.25 bits per heavy atom. The molecule has 0 bridgehead atoms. The molecule has 0 saturated carbocycles. The third-order valence-corrected chi connectivity index (χ3v) is 7.16. The third kappa shape index (κ3) is 2.19. The minimum Gasteiger partial charge on any atom is -0.431 e. The molecule has 1 aromatic carbocycles. The van der Waals surface area contributed by atoms with Crippen molar-refractivity contribution in [1.29, 1.82) is 0 Å². The van der Waals surface area contributed by atoms with Crippen molar-refractivity contribution < 1.29 is 4.80 Å². The quantitative estimate of drug-likeness (QED) is 0.815. The zero-order valence-corrected chi connectivity index (χ0v) is 14.2. The summed E-state index contributed by atoms with van der Waals surface area (Å²) in [6.07, 6.45) is 7.32. The summed E-state index contributed by atoms with van der Waals surface area (Å²) in [6.45, 7) is 8.72. The van der Waals surface area contributed by atoms with Gasteiger partial charge in [-0.1, -0.05) is 32.1 Å². The van der Waals surface area contributed by atoms with Crippen LogP contribution in [0.1, 0.15) is 54.5 Å². The Morgan fingerprint density at radius 3 is 2.50 bits per heavy atom. The van der Waals surface area contributed by atoms with Crippen molar-refractivity contribution in [3.8, 4) is 0 Å². The van der Waals surface area contributed by atoms with Crippen LogP contribution in [0.3, 0.4) is 0 Å². The molecule has 3 rings (SSSR count). The van der Waals surface area contributed by atoms with Crippen LogP contribution in [0.5, 0.6) is 0 Å². The molecule has 2 aliphatic rings. The van der Waals surface area contributed by atoms with Gasteiger partial charge in [0.15, 0.2) is 8.32 Å². The molecule has 2 heteroatoms. The van der Waals surface area contributed by atoms with Crippen LogP contribution >= 0.6 is 0 Å². The zero-order valence-electron chi connectivity index (χ0n) is 13.2. The lowest BCUT2D eigenvalue weighted by Crippen LogP contribution is -2.33. The highest BCUT2D eigenvalue weighted by molar-refractivity contribution is 6.72. The first-order valence-corrected chi connectivity index (χ1v) is 11.0. The highest BCUT2D eigenvalue weighted by Gasteiger charge is 2.37. The maximum Gasteiger partial charge on any atom is 0.193 e. The van der Waals surface area contributed by atoms with Crippen molar-refractivity contribution in [2.75, 3.05) is 0 Å². The molecule has 0 heterocycles. The van der Waals surface area contributed by atoms with Crippen molar-refractivity contribution in [2.45, 2.75) is 58.2 Å². The minimum atomic E-state index is -2.18. The van der Waals surface area contributed by atoms with Crippen LogP contribution in [0.25, 0.3) is 5.57 Å². The largest absolute Gasteiger partial charge is 0.431 e. The van der Waals surface area contributed by atoms with Gasteiger partial charge in [-0.05, 0) is 72.5 Å². The maximum absolute atomic E-state index is 10.7. The van der Waals surface area contributed by atoms with Gasteiger partial charge in [0, 0.05) is 5.54 Å². The molecule has 0 fully saturated rings. The van der Waals surface area contributed by atoms with Gasteiger partial charge in [0.2, 0.25) is 0 Å². The molecular weight excluding hydrogens is 260 g/mol. The van der Waals surface area contributed by atoms with Crippen LogP contribution in [-0.4, -0.2) is 13.1 Å². The number of benzene rings is 1. The summed E-state index contributed by atoms with van der Waals surface area (Å²) in [5.41, 5.74) is 7.71. The lowest BCUT2D eigenvalue weighted by molar-refractivity contribution is 0.540. The van der Waals surface area contributed by atoms with Gasteiger partial charge < -0.3 is 4.80 Å². The second-order valence-electron chi connectivity index (χ2n) is 7.12. The molecule has 2 unspecified atom stereocenters. The Kier molecular flexibility index (Phi) is 3.42. The lowest BCUT2D eigenvalue weighted by Gasteiger charge is -2.23. The van der Waals surface area contributed by atoms with Crippen LogP contribution in [0.15, 0.2) is 18.2 Å². The fourth-order valence-corrected chi connectivity index (χ4v) is 5.33. The molecule has 2 atom stereocenters. The second-order valence-corrected chi connectivity index (χ2v) is 11.1. The SMILES string of the molecule is CCC(C)C1=CC([Si](C)(C)O)c2cc3c(cc21)CCC3. The highest BCUT2D eigenvalue weighted by atomic mass is 28.4. The molecule has 0 aromatic heterocycles. The molecule has 2 aliphatic carbocycles. The summed E-state index contributed by atoms with van der Waals surface area (Å²) >= 11 is 0. The van der Waals surface area contributed by atoms with E-state index in [1.807, 2.05) is 0 Å². The van der Waals surface area contributed by atoms with E-state index in [-0.39, 0.29) is 5.54 Å². The smallest absolute Gasteiger partial charge is 0.193 e. The van der Waals surface area contributed by atoms with Gasteiger partial charge >= 0.3 is 0 Å². The van der Waals surface area contributed by atoms with Gasteiger partial charge in [0.1, 0.15) is 0 Å². The van der Waals surface area contributed by atoms with Crippen molar-refractivity contribution >= 4 is 13.9 Å². The molecule has 1 nitrogen and oxygen atoms in total. The number of fused-ring (bicyclic) bond motifs is 2. The van der Waals surface area contributed by atoms with Gasteiger partial charge in [0.05, 0.1) is 0 Å². The van der Waals surface area contributed by atoms with Crippen molar-refractivity contribution in [3.05, 3.63) is 40.5 Å². The van der Waals surface area contributed by atoms with Crippen molar-refractivity contribution in [2.24, 2.45) is 5.92 Å². The Bertz CT molecular complexity index is 566. The average Bonchev–Trinajstić information content (AvgIpc) is 2.97. The first-order valence-electron chi connectivity index (χ1n) is 8.02. The van der Waals surface area contributed by atoms with Crippen LogP contribution in [0.2, 0.25) is 13.1 Å². The van der Waals surface area contributed by atoms with E-state index in [4.69, 9.17) is 0 Å². The predicted octanol–water partition coefficient (Wildman–Crippen LogP) is 4.44. The third-order valence-electron chi connectivity index (χ3n) is 5.16. The Balaban J connectivity index is 2.14. The van der Waals surface area contributed by atoms with E-state index in [0.717, 1.165) is 0 Å². The van der Waals surface area contributed by atoms with Gasteiger partial charge in [0.25, 0.3) is 0 Å². The van der Waals surface area contributed by atoms with Crippen LogP contribution < -0.4 is 0 Å². The molecule has 1 N–H and O–H groups in total. The number of rotatable bonds is 3. The number of hydrogen-bond donors (Lipinski definition) is 1. The highest BCUT2D eigenvalue weighted by Crippen LogP contribution is 2.45. The Morgan fingerprint density at radius 2 is 1.90 bits per heavy atom. The van der Waals surface area contributed by atoms with E-state index < -0.39 is 8.32 Å². The van der Waals surface area contributed by atoms with E-state index in [9.17, 15) is 4.80 Å². The molecule has 0 spiro atoms. The maximum atomic E-state index is 10.7. The summed E-state index contributed by atoms with van der Waals surface area (Å²) in [5.74, 6) is 0.592. The summed E-state index contributed by atoms with van der Waals surface area (Å²) in [7, 11) is -2.18. The van der Waals surface area contributed by atoms with Gasteiger partial charge in [-0.15, -0.1) is 0 Å². The first-order chi connectivity index (χ1) is 9.41. The fraction of sp³-hybridized carbons (Fsp3) is 0.556. The lowest BCUT2D eigenvalue weighted by atomic mass is 9.91. The topological polar surface area (TPSA) is 20.2 Å². The summed E-state index contributed by atoms with van der Waals surface area (Å²) < 4.78 is 0. The van der Waals surface area contributed by atoms with E-state index in [2.05, 4.69) is 45.2 Å². The van der Waals surface area contributed by atoms with Crippen LogP contribution in [-0.2, 0) is 12.8 Å². The normalized spacial score (nSPS) is 22.4. The van der Waals surface area contributed by atoms with Crippen molar-refractivity contribution in [1.82, 2.24) is 0 Å². The van der Waals surface area contributed by atoms with E-state index >= 15 is 0 Å². The summed E-state index contributed by atoms with van der Waals surface area (Å²) in [4.78, 5) is 10.7. The van der Waals surface area contributed by atoms with Crippen LogP contribution in [0, 0.1) is 5.92 Å². The monoisotopic (exact) mass is 286 g/mol. The van der Waals surface area contributed by atoms with E-state index in [1.54, 1.807) is 5.56 Å². The summed E-state index contributed by atoms with van der Waals surface area (Å²) in [6, 6.07) is 4.86. The van der Waals surface area contributed by atoms with Gasteiger partial charge in [-0.25, -0.2) is 0 Å². The standard InChI is InChI=1S/C18H26OSi/c1-5-12(2)15-11-18(20(3,4)19)17-10-14-8-6-7-13(14)9-16(15)17/h9-12,18-19H,5-8H2,1-4H3. The average molecular weight is 286 g/mol. The first kappa shape index (κ1) is 14.1. The zero-order chi connectivity index (χ0) is 14.5. The van der Waals surface area contributed by atoms with Crippen LogP contribution in [0.4, 0.5) is 0 Å².